The van der Waals surface area contributed by atoms with Crippen LogP contribution in [0.15, 0.2) is 34.9 Å². The molecule has 0 fully saturated rings. The first-order valence-electron chi connectivity index (χ1n) is 6.27. The average Bonchev–Trinajstić information content (AvgIpc) is 2.77. The van der Waals surface area contributed by atoms with Crippen molar-refractivity contribution in [2.75, 3.05) is 6.54 Å². The molecule has 1 N–H and O–H groups in total. The van der Waals surface area contributed by atoms with E-state index in [0.29, 0.717) is 10.9 Å². The summed E-state index contributed by atoms with van der Waals surface area (Å²) in [5.74, 6) is 0.646. The molecule has 0 saturated carbocycles. The maximum atomic E-state index is 5.94. The van der Waals surface area contributed by atoms with Gasteiger partial charge in [-0.05, 0) is 52.7 Å². The van der Waals surface area contributed by atoms with E-state index in [9.17, 15) is 0 Å². The summed E-state index contributed by atoms with van der Waals surface area (Å²) in [6, 6.07) is 7.70. The fourth-order valence-electron chi connectivity index (χ4n) is 1.75. The molecule has 0 amide bonds. The largest absolute Gasteiger partial charge is 0.311 e. The number of aromatic nitrogens is 2. The number of nitrogens with one attached hydrogen (secondary N) is 1. The summed E-state index contributed by atoms with van der Waals surface area (Å²) in [6.07, 6.45) is 1.96. The van der Waals surface area contributed by atoms with Gasteiger partial charge in [0.15, 0.2) is 0 Å². The molecule has 2 aromatic rings. The lowest BCUT2D eigenvalue weighted by Crippen LogP contribution is -2.19. The van der Waals surface area contributed by atoms with E-state index in [2.05, 4.69) is 40.2 Å². The Morgan fingerprint density at radius 3 is 2.84 bits per heavy atom. The predicted octanol–water partition coefficient (Wildman–Crippen LogP) is 4.03. The minimum Gasteiger partial charge on any atom is -0.311 e. The molecule has 0 aliphatic rings. The van der Waals surface area contributed by atoms with Crippen molar-refractivity contribution in [1.29, 1.82) is 0 Å². The third-order valence-corrected chi connectivity index (χ3v) is 3.53. The quantitative estimate of drug-likeness (QED) is 0.889. The van der Waals surface area contributed by atoms with Gasteiger partial charge in [-0.25, -0.2) is 4.68 Å². The highest BCUT2D eigenvalue weighted by molar-refractivity contribution is 9.10. The monoisotopic (exact) mass is 341 g/mol. The normalized spacial score (nSPS) is 11.2. The molecule has 19 heavy (non-hydrogen) atoms. The first kappa shape index (κ1) is 14.6. The fourth-order valence-corrected chi connectivity index (χ4v) is 2.61. The van der Waals surface area contributed by atoms with Gasteiger partial charge in [-0.3, -0.25) is 0 Å². The summed E-state index contributed by atoms with van der Waals surface area (Å²) in [5, 5.41) is 8.64. The van der Waals surface area contributed by atoms with E-state index in [1.54, 1.807) is 0 Å². The maximum Gasteiger partial charge on any atom is 0.0788 e. The third kappa shape index (κ3) is 4.06. The Balaban J connectivity index is 2.08. The second-order valence-electron chi connectivity index (χ2n) is 4.87. The van der Waals surface area contributed by atoms with Crippen molar-refractivity contribution in [3.8, 4) is 5.69 Å². The molecule has 0 saturated heterocycles. The molecule has 102 valence electrons. The molecular formula is C14H17BrClN3. The van der Waals surface area contributed by atoms with Crippen LogP contribution in [-0.2, 0) is 6.54 Å². The van der Waals surface area contributed by atoms with Gasteiger partial charge in [0.1, 0.15) is 0 Å². The van der Waals surface area contributed by atoms with Gasteiger partial charge in [-0.2, -0.15) is 5.10 Å². The Labute approximate surface area is 127 Å². The molecule has 0 bridgehead atoms. The second kappa shape index (κ2) is 6.55. The van der Waals surface area contributed by atoms with Crippen LogP contribution in [0.5, 0.6) is 0 Å². The highest BCUT2D eigenvalue weighted by Crippen LogP contribution is 2.24. The van der Waals surface area contributed by atoms with Crippen LogP contribution in [0.3, 0.4) is 0 Å². The third-order valence-electron chi connectivity index (χ3n) is 2.66. The highest BCUT2D eigenvalue weighted by atomic mass is 79.9. The Morgan fingerprint density at radius 1 is 1.37 bits per heavy atom. The first-order chi connectivity index (χ1) is 9.06. The van der Waals surface area contributed by atoms with Gasteiger partial charge in [0.25, 0.3) is 0 Å². The molecule has 0 unspecified atom stereocenters. The zero-order chi connectivity index (χ0) is 13.8. The minimum absolute atomic E-state index is 0.646. The fraction of sp³-hybridized carbons (Fsp3) is 0.357. The molecule has 0 radical (unpaired) electrons. The Kier molecular flexibility index (Phi) is 5.02. The lowest BCUT2D eigenvalue weighted by atomic mass is 10.2. The molecule has 0 aliphatic carbocycles. The van der Waals surface area contributed by atoms with E-state index < -0.39 is 0 Å². The highest BCUT2D eigenvalue weighted by Gasteiger charge is 2.05. The average molecular weight is 343 g/mol. The van der Waals surface area contributed by atoms with E-state index in [4.69, 9.17) is 11.6 Å². The smallest absolute Gasteiger partial charge is 0.0788 e. The van der Waals surface area contributed by atoms with Crippen molar-refractivity contribution in [2.24, 2.45) is 5.92 Å². The summed E-state index contributed by atoms with van der Waals surface area (Å²) in [5.41, 5.74) is 2.02. The van der Waals surface area contributed by atoms with Crippen molar-refractivity contribution in [3.05, 3.63) is 45.7 Å². The van der Waals surface area contributed by atoms with Gasteiger partial charge < -0.3 is 5.32 Å². The van der Waals surface area contributed by atoms with Gasteiger partial charge in [-0.15, -0.1) is 0 Å². The number of halogens is 2. The Bertz CT molecular complexity index is 551. The van der Waals surface area contributed by atoms with Crippen LogP contribution in [0.25, 0.3) is 5.69 Å². The van der Waals surface area contributed by atoms with Crippen molar-refractivity contribution >= 4 is 27.5 Å². The van der Waals surface area contributed by atoms with Crippen LogP contribution in [0.1, 0.15) is 19.5 Å². The second-order valence-corrected chi connectivity index (χ2v) is 6.16. The molecule has 2 rings (SSSR count). The van der Waals surface area contributed by atoms with E-state index in [1.807, 2.05) is 35.1 Å². The summed E-state index contributed by atoms with van der Waals surface area (Å²) >= 11 is 9.44. The van der Waals surface area contributed by atoms with Crippen molar-refractivity contribution in [1.82, 2.24) is 15.1 Å². The molecule has 1 aromatic heterocycles. The predicted molar refractivity (Wildman–Crippen MR) is 82.8 cm³/mol. The van der Waals surface area contributed by atoms with Gasteiger partial charge in [0.2, 0.25) is 0 Å². The van der Waals surface area contributed by atoms with Crippen LogP contribution in [0.4, 0.5) is 0 Å². The molecule has 0 spiro atoms. The topological polar surface area (TPSA) is 29.9 Å². The maximum absolute atomic E-state index is 5.94. The number of rotatable bonds is 5. The molecule has 5 heteroatoms. The number of hydrogen-bond acceptors (Lipinski definition) is 2. The van der Waals surface area contributed by atoms with Crippen LogP contribution in [-0.4, -0.2) is 16.3 Å². The van der Waals surface area contributed by atoms with Crippen LogP contribution in [0.2, 0.25) is 5.02 Å². The molecule has 1 heterocycles. The molecular weight excluding hydrogens is 326 g/mol. The SMILES string of the molecule is CC(C)CNCc1ccn(-c2ccc(Cl)cc2Br)n1. The van der Waals surface area contributed by atoms with Crippen LogP contribution >= 0.6 is 27.5 Å². The lowest BCUT2D eigenvalue weighted by Gasteiger charge is -2.06. The van der Waals surface area contributed by atoms with Crippen molar-refractivity contribution in [2.45, 2.75) is 20.4 Å². The van der Waals surface area contributed by atoms with E-state index in [1.165, 1.54) is 0 Å². The van der Waals surface area contributed by atoms with Crippen LogP contribution in [0, 0.1) is 5.92 Å². The zero-order valence-electron chi connectivity index (χ0n) is 11.0. The Morgan fingerprint density at radius 2 is 2.16 bits per heavy atom. The van der Waals surface area contributed by atoms with Crippen molar-refractivity contribution in [3.63, 3.8) is 0 Å². The molecule has 1 aromatic carbocycles. The minimum atomic E-state index is 0.646. The number of benzene rings is 1. The number of hydrogen-bond donors (Lipinski definition) is 1. The van der Waals surface area contributed by atoms with Gasteiger partial charge >= 0.3 is 0 Å². The lowest BCUT2D eigenvalue weighted by molar-refractivity contribution is 0.546. The number of nitrogens with zero attached hydrogens (tertiary/aromatic N) is 2. The van der Waals surface area contributed by atoms with E-state index in [0.717, 1.165) is 28.9 Å². The molecule has 0 atom stereocenters. The van der Waals surface area contributed by atoms with Gasteiger partial charge in [-0.1, -0.05) is 25.4 Å². The van der Waals surface area contributed by atoms with Gasteiger partial charge in [0, 0.05) is 22.2 Å². The first-order valence-corrected chi connectivity index (χ1v) is 7.44. The summed E-state index contributed by atoms with van der Waals surface area (Å²) in [4.78, 5) is 0. The summed E-state index contributed by atoms with van der Waals surface area (Å²) < 4.78 is 2.79. The molecule has 3 nitrogen and oxygen atoms in total. The zero-order valence-corrected chi connectivity index (χ0v) is 13.4. The van der Waals surface area contributed by atoms with Crippen LogP contribution < -0.4 is 5.32 Å². The molecule has 0 aliphatic heterocycles. The van der Waals surface area contributed by atoms with Gasteiger partial charge in [0.05, 0.1) is 11.4 Å². The standard InChI is InChI=1S/C14H17BrClN3/c1-10(2)8-17-9-12-5-6-19(18-12)14-4-3-11(16)7-13(14)15/h3-7,10,17H,8-9H2,1-2H3. The van der Waals surface area contributed by atoms with E-state index >= 15 is 0 Å². The summed E-state index contributed by atoms with van der Waals surface area (Å²) in [6.45, 7) is 6.17. The van der Waals surface area contributed by atoms with E-state index in [-0.39, 0.29) is 0 Å². The Hall–Kier alpha value is -0.840. The van der Waals surface area contributed by atoms with Crippen molar-refractivity contribution < 1.29 is 0 Å². The summed E-state index contributed by atoms with van der Waals surface area (Å²) in [7, 11) is 0.